The molecule has 3 aliphatic rings. The fourth-order valence-electron chi connectivity index (χ4n) is 4.00. The number of rotatable bonds is 2. The number of hydrogen-bond acceptors (Lipinski definition) is 5. The summed E-state index contributed by atoms with van der Waals surface area (Å²) in [6.45, 7) is 4.00. The maximum absolute atomic E-state index is 12.8. The second-order valence-electron chi connectivity index (χ2n) is 6.56. The van der Waals surface area contributed by atoms with E-state index in [9.17, 15) is 4.79 Å². The number of aromatic nitrogens is 2. The Kier molecular flexibility index (Phi) is 6.66. The fourth-order valence-corrected chi connectivity index (χ4v) is 4.00. The summed E-state index contributed by atoms with van der Waals surface area (Å²) in [6.07, 6.45) is 5.70. The van der Waals surface area contributed by atoms with E-state index < -0.39 is 0 Å². The molecule has 2 atom stereocenters. The maximum atomic E-state index is 12.8. The van der Waals surface area contributed by atoms with Gasteiger partial charge in [0.05, 0.1) is 0 Å². The number of carbonyl (C=O) groups excluding carboxylic acids is 1. The highest BCUT2D eigenvalue weighted by Crippen LogP contribution is 2.29. The van der Waals surface area contributed by atoms with E-state index in [1.807, 2.05) is 12.1 Å². The number of fused-ring (bicyclic) bond motifs is 2. The van der Waals surface area contributed by atoms with Gasteiger partial charge in [0, 0.05) is 31.7 Å². The van der Waals surface area contributed by atoms with E-state index in [2.05, 4.69) is 25.3 Å². The Labute approximate surface area is 155 Å². The average molecular weight is 374 g/mol. The summed E-state index contributed by atoms with van der Waals surface area (Å²) < 4.78 is 0. The first kappa shape index (κ1) is 19.2. The van der Waals surface area contributed by atoms with Crippen LogP contribution in [0.5, 0.6) is 0 Å². The Hall–Kier alpha value is -1.11. The molecule has 1 aromatic heterocycles. The van der Waals surface area contributed by atoms with Gasteiger partial charge in [-0.15, -0.1) is 35.0 Å². The predicted molar refractivity (Wildman–Crippen MR) is 98.4 cm³/mol. The van der Waals surface area contributed by atoms with Crippen molar-refractivity contribution < 1.29 is 4.79 Å². The maximum Gasteiger partial charge on any atom is 0.274 e. The molecular formula is C16H25Cl2N5O. The van der Waals surface area contributed by atoms with Crippen LogP contribution in [0.3, 0.4) is 0 Å². The molecule has 8 heteroatoms. The van der Waals surface area contributed by atoms with Crippen LogP contribution in [-0.2, 0) is 0 Å². The van der Waals surface area contributed by atoms with Gasteiger partial charge in [0.25, 0.3) is 5.91 Å². The van der Waals surface area contributed by atoms with Gasteiger partial charge in [0.1, 0.15) is 0 Å². The molecule has 3 saturated heterocycles. The number of anilines is 1. The molecule has 2 bridgehead atoms. The van der Waals surface area contributed by atoms with Gasteiger partial charge in [-0.05, 0) is 50.8 Å². The Morgan fingerprint density at radius 1 is 1.04 bits per heavy atom. The number of amides is 1. The van der Waals surface area contributed by atoms with Crippen LogP contribution in [0, 0.1) is 0 Å². The lowest BCUT2D eigenvalue weighted by atomic mass is 10.1. The van der Waals surface area contributed by atoms with Crippen molar-refractivity contribution in [2.45, 2.75) is 44.2 Å². The molecular weight excluding hydrogens is 349 g/mol. The van der Waals surface area contributed by atoms with Crippen LogP contribution in [0.2, 0.25) is 0 Å². The molecule has 1 aromatic rings. The first-order valence-electron chi connectivity index (χ1n) is 8.45. The van der Waals surface area contributed by atoms with Crippen LogP contribution in [0.4, 0.5) is 5.82 Å². The highest BCUT2D eigenvalue weighted by Gasteiger charge is 2.38. The standard InChI is InChI=1S/C16H23N5O.2ClH/c22-16(21-12-3-4-13(21)11-17-8-7-12)14-5-6-15(19-18-14)20-9-1-2-10-20;;/h5-6,12-13,17H,1-4,7-11H2;2*1H. The van der Waals surface area contributed by atoms with Crippen LogP contribution in [0.1, 0.15) is 42.6 Å². The molecule has 4 rings (SSSR count). The van der Waals surface area contributed by atoms with Gasteiger partial charge in [0.15, 0.2) is 11.5 Å². The van der Waals surface area contributed by atoms with Gasteiger partial charge in [-0.1, -0.05) is 0 Å². The van der Waals surface area contributed by atoms with Crippen LogP contribution >= 0.6 is 24.8 Å². The second kappa shape index (κ2) is 8.32. The molecule has 0 aromatic carbocycles. The predicted octanol–water partition coefficient (Wildman–Crippen LogP) is 1.89. The number of hydrogen-bond donors (Lipinski definition) is 1. The summed E-state index contributed by atoms with van der Waals surface area (Å²) in [5.74, 6) is 0.950. The van der Waals surface area contributed by atoms with E-state index in [4.69, 9.17) is 0 Å². The molecule has 1 N–H and O–H groups in total. The molecule has 1 amide bonds. The Bertz CT molecular complexity index is 536. The SMILES string of the molecule is Cl.Cl.O=C(c1ccc(N2CCCC2)nn1)N1C2CCNCC1CC2. The molecule has 0 saturated carbocycles. The van der Waals surface area contributed by atoms with Crippen LogP contribution in [0.25, 0.3) is 0 Å². The molecule has 3 fully saturated rings. The average Bonchev–Trinajstić information content (AvgIpc) is 3.14. The second-order valence-corrected chi connectivity index (χ2v) is 6.56. The van der Waals surface area contributed by atoms with Crippen LogP contribution in [-0.4, -0.2) is 59.3 Å². The van der Waals surface area contributed by atoms with Crippen molar-refractivity contribution in [2.75, 3.05) is 31.1 Å². The largest absolute Gasteiger partial charge is 0.355 e. The first-order chi connectivity index (χ1) is 10.8. The van der Waals surface area contributed by atoms with E-state index >= 15 is 0 Å². The number of nitrogens with zero attached hydrogens (tertiary/aromatic N) is 4. The molecule has 2 unspecified atom stereocenters. The summed E-state index contributed by atoms with van der Waals surface area (Å²) in [4.78, 5) is 17.1. The van der Waals surface area contributed by atoms with Crippen molar-refractivity contribution in [1.29, 1.82) is 0 Å². The molecule has 6 nitrogen and oxygen atoms in total. The lowest BCUT2D eigenvalue weighted by Gasteiger charge is -2.27. The Morgan fingerprint density at radius 3 is 2.50 bits per heavy atom. The Balaban J connectivity index is 0.00000104. The molecule has 134 valence electrons. The molecule has 0 aliphatic carbocycles. The lowest BCUT2D eigenvalue weighted by molar-refractivity contribution is 0.0673. The van der Waals surface area contributed by atoms with E-state index in [0.717, 1.165) is 51.3 Å². The monoisotopic (exact) mass is 373 g/mol. The molecule has 0 radical (unpaired) electrons. The normalized spacial score (nSPS) is 25.7. The third-order valence-corrected chi connectivity index (χ3v) is 5.19. The van der Waals surface area contributed by atoms with Gasteiger partial charge in [-0.2, -0.15) is 0 Å². The number of halogens is 2. The third kappa shape index (κ3) is 3.60. The van der Waals surface area contributed by atoms with Crippen LogP contribution < -0.4 is 10.2 Å². The quantitative estimate of drug-likeness (QED) is 0.857. The minimum atomic E-state index is 0. The highest BCUT2D eigenvalue weighted by molar-refractivity contribution is 5.93. The topological polar surface area (TPSA) is 61.4 Å². The van der Waals surface area contributed by atoms with Gasteiger partial charge in [0.2, 0.25) is 0 Å². The van der Waals surface area contributed by atoms with E-state index in [0.29, 0.717) is 17.8 Å². The number of carbonyl (C=O) groups is 1. The van der Waals surface area contributed by atoms with Gasteiger partial charge >= 0.3 is 0 Å². The zero-order valence-electron chi connectivity index (χ0n) is 13.7. The zero-order valence-corrected chi connectivity index (χ0v) is 15.3. The zero-order chi connectivity index (χ0) is 14.9. The van der Waals surface area contributed by atoms with E-state index in [1.165, 1.54) is 12.8 Å². The van der Waals surface area contributed by atoms with Crippen molar-refractivity contribution in [3.8, 4) is 0 Å². The molecule has 0 spiro atoms. The van der Waals surface area contributed by atoms with Crippen LogP contribution in [0.15, 0.2) is 12.1 Å². The van der Waals surface area contributed by atoms with Crippen molar-refractivity contribution in [3.05, 3.63) is 17.8 Å². The smallest absolute Gasteiger partial charge is 0.274 e. The van der Waals surface area contributed by atoms with E-state index in [1.54, 1.807) is 0 Å². The summed E-state index contributed by atoms with van der Waals surface area (Å²) in [5, 5.41) is 11.9. The van der Waals surface area contributed by atoms with Gasteiger partial charge in [-0.3, -0.25) is 4.79 Å². The van der Waals surface area contributed by atoms with Gasteiger partial charge < -0.3 is 15.1 Å². The molecule has 4 heterocycles. The first-order valence-corrected chi connectivity index (χ1v) is 8.45. The third-order valence-electron chi connectivity index (χ3n) is 5.19. The number of nitrogens with one attached hydrogen (secondary N) is 1. The summed E-state index contributed by atoms with van der Waals surface area (Å²) in [6, 6.07) is 4.48. The molecule has 24 heavy (non-hydrogen) atoms. The highest BCUT2D eigenvalue weighted by atomic mass is 35.5. The summed E-state index contributed by atoms with van der Waals surface area (Å²) in [7, 11) is 0. The van der Waals surface area contributed by atoms with E-state index in [-0.39, 0.29) is 30.7 Å². The minimum Gasteiger partial charge on any atom is -0.355 e. The van der Waals surface area contributed by atoms with Gasteiger partial charge in [-0.25, -0.2) is 0 Å². The van der Waals surface area contributed by atoms with Crippen molar-refractivity contribution in [3.63, 3.8) is 0 Å². The van der Waals surface area contributed by atoms with Crippen molar-refractivity contribution in [1.82, 2.24) is 20.4 Å². The van der Waals surface area contributed by atoms with Crippen molar-refractivity contribution >= 4 is 36.5 Å². The molecule has 3 aliphatic heterocycles. The Morgan fingerprint density at radius 2 is 1.79 bits per heavy atom. The minimum absolute atomic E-state index is 0. The fraction of sp³-hybridized carbons (Fsp3) is 0.688. The van der Waals surface area contributed by atoms with Crippen molar-refractivity contribution in [2.24, 2.45) is 0 Å². The summed E-state index contributed by atoms with van der Waals surface area (Å²) >= 11 is 0. The summed E-state index contributed by atoms with van der Waals surface area (Å²) in [5.41, 5.74) is 0.488. The lowest BCUT2D eigenvalue weighted by Crippen LogP contribution is -2.42.